The van der Waals surface area contributed by atoms with Gasteiger partial charge in [-0.15, -0.1) is 0 Å². The first kappa shape index (κ1) is 16.5. The predicted molar refractivity (Wildman–Crippen MR) is 97.8 cm³/mol. The lowest BCUT2D eigenvalue weighted by Gasteiger charge is -2.26. The Bertz CT molecular complexity index is 706. The molecule has 0 radical (unpaired) electrons. The second-order valence-electron chi connectivity index (χ2n) is 6.65. The van der Waals surface area contributed by atoms with Crippen molar-refractivity contribution in [1.82, 2.24) is 9.88 Å². The highest BCUT2D eigenvalue weighted by atomic mass is 16.2. The molecule has 126 valence electrons. The van der Waals surface area contributed by atoms with E-state index in [9.17, 15) is 4.79 Å². The molecule has 3 rings (SSSR count). The molecule has 0 atom stereocenters. The number of carbonyl (C=O) groups excluding carboxylic acids is 1. The summed E-state index contributed by atoms with van der Waals surface area (Å²) in [4.78, 5) is 18.8. The minimum absolute atomic E-state index is 0.0375. The molecule has 4 nitrogen and oxygen atoms in total. The zero-order valence-corrected chi connectivity index (χ0v) is 14.5. The number of pyridine rings is 1. The molecule has 0 saturated carbocycles. The highest BCUT2D eigenvalue weighted by Gasteiger charge is 2.19. The number of hydrogen-bond acceptors (Lipinski definition) is 3. The molecule has 24 heavy (non-hydrogen) atoms. The van der Waals surface area contributed by atoms with Gasteiger partial charge in [-0.2, -0.15) is 0 Å². The van der Waals surface area contributed by atoms with Crippen molar-refractivity contribution in [3.63, 3.8) is 0 Å². The first-order valence-corrected chi connectivity index (χ1v) is 8.76. The largest absolute Gasteiger partial charge is 0.355 e. The van der Waals surface area contributed by atoms with Crippen LogP contribution in [0.4, 0.5) is 11.4 Å². The van der Waals surface area contributed by atoms with Crippen LogP contribution in [0.25, 0.3) is 0 Å². The number of benzene rings is 1. The summed E-state index contributed by atoms with van der Waals surface area (Å²) >= 11 is 0. The lowest BCUT2D eigenvalue weighted by Crippen LogP contribution is -2.36. The molecule has 0 aliphatic carbocycles. The number of aromatic nitrogens is 1. The van der Waals surface area contributed by atoms with E-state index >= 15 is 0 Å². The molecular formula is C20H25N3O. The summed E-state index contributed by atoms with van der Waals surface area (Å²) in [5.41, 5.74) is 3.76. The van der Waals surface area contributed by atoms with Crippen LogP contribution in [0, 0.1) is 0 Å². The fraction of sp³-hybridized carbons (Fsp3) is 0.400. The van der Waals surface area contributed by atoms with Crippen LogP contribution in [-0.4, -0.2) is 28.9 Å². The fourth-order valence-corrected chi connectivity index (χ4v) is 3.15. The number of likely N-dealkylation sites (tertiary alicyclic amines) is 1. The van der Waals surface area contributed by atoms with Gasteiger partial charge in [0.25, 0.3) is 5.91 Å². The molecule has 1 fully saturated rings. The van der Waals surface area contributed by atoms with E-state index in [1.807, 2.05) is 23.1 Å². The van der Waals surface area contributed by atoms with Gasteiger partial charge in [-0.05, 0) is 48.9 Å². The van der Waals surface area contributed by atoms with Crippen LogP contribution in [0.1, 0.15) is 55.1 Å². The highest BCUT2D eigenvalue weighted by Crippen LogP contribution is 2.27. The number of piperidine rings is 1. The Hall–Kier alpha value is -2.36. The molecule has 0 unspecified atom stereocenters. The zero-order valence-electron chi connectivity index (χ0n) is 14.5. The smallest absolute Gasteiger partial charge is 0.272 e. The third-order valence-electron chi connectivity index (χ3n) is 4.48. The predicted octanol–water partition coefficient (Wildman–Crippen LogP) is 4.57. The van der Waals surface area contributed by atoms with Crippen molar-refractivity contribution in [3.8, 4) is 0 Å². The zero-order chi connectivity index (χ0) is 16.9. The Balaban J connectivity index is 1.80. The van der Waals surface area contributed by atoms with Gasteiger partial charge in [-0.25, -0.2) is 0 Å². The van der Waals surface area contributed by atoms with E-state index in [0.717, 1.165) is 37.3 Å². The van der Waals surface area contributed by atoms with Gasteiger partial charge in [0.1, 0.15) is 5.69 Å². The SMILES string of the molecule is CC(C)c1ccccc1Nc1ccnc(C(=O)N2CCCCC2)c1. The molecule has 2 heterocycles. The lowest BCUT2D eigenvalue weighted by atomic mass is 10.0. The van der Waals surface area contributed by atoms with Crippen molar-refractivity contribution in [1.29, 1.82) is 0 Å². The van der Waals surface area contributed by atoms with Crippen LogP contribution >= 0.6 is 0 Å². The van der Waals surface area contributed by atoms with E-state index in [4.69, 9.17) is 0 Å². The van der Waals surface area contributed by atoms with Gasteiger partial charge in [-0.1, -0.05) is 32.0 Å². The molecular weight excluding hydrogens is 298 g/mol. The van der Waals surface area contributed by atoms with E-state index in [1.54, 1.807) is 6.20 Å². The topological polar surface area (TPSA) is 45.2 Å². The number of anilines is 2. The van der Waals surface area contributed by atoms with Crippen LogP contribution in [0.15, 0.2) is 42.6 Å². The Morgan fingerprint density at radius 1 is 1.12 bits per heavy atom. The third kappa shape index (κ3) is 3.75. The summed E-state index contributed by atoms with van der Waals surface area (Å²) < 4.78 is 0. The fourth-order valence-electron chi connectivity index (χ4n) is 3.15. The first-order valence-electron chi connectivity index (χ1n) is 8.76. The van der Waals surface area contributed by atoms with Crippen molar-refractivity contribution < 1.29 is 4.79 Å². The van der Waals surface area contributed by atoms with Gasteiger partial charge in [0.15, 0.2) is 0 Å². The van der Waals surface area contributed by atoms with Crippen molar-refractivity contribution in [2.45, 2.75) is 39.0 Å². The Morgan fingerprint density at radius 2 is 1.88 bits per heavy atom. The summed E-state index contributed by atoms with van der Waals surface area (Å²) in [5.74, 6) is 0.473. The maximum atomic E-state index is 12.6. The second kappa shape index (κ2) is 7.47. The van der Waals surface area contributed by atoms with Crippen LogP contribution in [-0.2, 0) is 0 Å². The van der Waals surface area contributed by atoms with Crippen LogP contribution < -0.4 is 5.32 Å². The molecule has 1 aliphatic rings. The summed E-state index contributed by atoms with van der Waals surface area (Å²) in [5, 5.41) is 3.44. The molecule has 1 aromatic heterocycles. The first-order chi connectivity index (χ1) is 11.6. The van der Waals surface area contributed by atoms with Gasteiger partial charge in [0, 0.05) is 30.7 Å². The number of hydrogen-bond donors (Lipinski definition) is 1. The average molecular weight is 323 g/mol. The minimum atomic E-state index is 0.0375. The summed E-state index contributed by atoms with van der Waals surface area (Å²) in [7, 11) is 0. The molecule has 1 saturated heterocycles. The normalized spacial score (nSPS) is 14.7. The Morgan fingerprint density at radius 3 is 2.62 bits per heavy atom. The number of amides is 1. The number of nitrogens with one attached hydrogen (secondary N) is 1. The highest BCUT2D eigenvalue weighted by molar-refractivity contribution is 5.93. The van der Waals surface area contributed by atoms with Gasteiger partial charge in [0.2, 0.25) is 0 Å². The third-order valence-corrected chi connectivity index (χ3v) is 4.48. The van der Waals surface area contributed by atoms with E-state index in [2.05, 4.69) is 42.3 Å². The van der Waals surface area contributed by atoms with Gasteiger partial charge < -0.3 is 10.2 Å². The van der Waals surface area contributed by atoms with Crippen molar-refractivity contribution in [2.75, 3.05) is 18.4 Å². The maximum absolute atomic E-state index is 12.6. The Labute approximate surface area is 143 Å². The number of nitrogens with zero attached hydrogens (tertiary/aromatic N) is 2. The molecule has 1 amide bonds. The van der Waals surface area contributed by atoms with Crippen molar-refractivity contribution in [3.05, 3.63) is 53.9 Å². The molecule has 4 heteroatoms. The quantitative estimate of drug-likeness (QED) is 0.896. The van der Waals surface area contributed by atoms with Gasteiger partial charge in [0.05, 0.1) is 0 Å². The molecule has 2 aromatic rings. The van der Waals surface area contributed by atoms with E-state index in [-0.39, 0.29) is 5.91 Å². The maximum Gasteiger partial charge on any atom is 0.272 e. The average Bonchev–Trinajstić information content (AvgIpc) is 2.62. The molecule has 1 aliphatic heterocycles. The van der Waals surface area contributed by atoms with Crippen molar-refractivity contribution >= 4 is 17.3 Å². The second-order valence-corrected chi connectivity index (χ2v) is 6.65. The van der Waals surface area contributed by atoms with E-state index < -0.39 is 0 Å². The molecule has 1 N–H and O–H groups in total. The van der Waals surface area contributed by atoms with E-state index in [0.29, 0.717) is 11.6 Å². The van der Waals surface area contributed by atoms with Crippen LogP contribution in [0.2, 0.25) is 0 Å². The van der Waals surface area contributed by atoms with Crippen LogP contribution in [0.3, 0.4) is 0 Å². The monoisotopic (exact) mass is 323 g/mol. The summed E-state index contributed by atoms with van der Waals surface area (Å²) in [6, 6.07) is 12.0. The standard InChI is InChI=1S/C20H25N3O/c1-15(2)17-8-4-5-9-18(17)22-16-10-11-21-19(14-16)20(24)23-12-6-3-7-13-23/h4-5,8-11,14-15H,3,6-7,12-13H2,1-2H3,(H,21,22). The lowest BCUT2D eigenvalue weighted by molar-refractivity contribution is 0.0718. The van der Waals surface area contributed by atoms with Crippen molar-refractivity contribution in [2.24, 2.45) is 0 Å². The number of rotatable bonds is 4. The summed E-state index contributed by atoms with van der Waals surface area (Å²) in [6.07, 6.45) is 5.10. The Kier molecular flexibility index (Phi) is 5.14. The van der Waals surface area contributed by atoms with Gasteiger partial charge >= 0.3 is 0 Å². The molecule has 0 bridgehead atoms. The molecule has 1 aromatic carbocycles. The number of carbonyl (C=O) groups is 1. The molecule has 0 spiro atoms. The van der Waals surface area contributed by atoms with Crippen LogP contribution in [0.5, 0.6) is 0 Å². The van der Waals surface area contributed by atoms with Gasteiger partial charge in [-0.3, -0.25) is 9.78 Å². The summed E-state index contributed by atoms with van der Waals surface area (Å²) in [6.45, 7) is 6.04. The van der Waals surface area contributed by atoms with E-state index in [1.165, 1.54) is 12.0 Å². The minimum Gasteiger partial charge on any atom is -0.355 e. The number of para-hydroxylation sites is 1.